The van der Waals surface area contributed by atoms with Gasteiger partial charge in [0, 0.05) is 20.6 Å². The number of halogens is 1. The second kappa shape index (κ2) is 6.55. The highest BCUT2D eigenvalue weighted by molar-refractivity contribution is 7.99. The van der Waals surface area contributed by atoms with Crippen molar-refractivity contribution in [3.8, 4) is 0 Å². The topological polar surface area (TPSA) is 0 Å². The van der Waals surface area contributed by atoms with Gasteiger partial charge < -0.3 is 0 Å². The van der Waals surface area contributed by atoms with E-state index in [1.54, 1.807) is 23.5 Å². The van der Waals surface area contributed by atoms with Crippen LogP contribution in [0.25, 0.3) is 0 Å². The summed E-state index contributed by atoms with van der Waals surface area (Å²) in [5, 5.41) is 0. The summed E-state index contributed by atoms with van der Waals surface area (Å²) in [6.07, 6.45) is 2.09. The van der Waals surface area contributed by atoms with E-state index in [0.29, 0.717) is 5.88 Å². The lowest BCUT2D eigenvalue weighted by Crippen LogP contribution is -1.85. The third-order valence-electron chi connectivity index (χ3n) is 2.65. The first kappa shape index (κ1) is 13.9. The predicted molar refractivity (Wildman–Crippen MR) is 83.1 cm³/mol. The van der Waals surface area contributed by atoms with Gasteiger partial charge in [-0.3, -0.25) is 0 Å². The molecule has 0 fully saturated rings. The van der Waals surface area contributed by atoms with Gasteiger partial charge in [-0.25, -0.2) is 0 Å². The summed E-state index contributed by atoms with van der Waals surface area (Å²) in [4.78, 5) is 3.80. The fourth-order valence-electron chi connectivity index (χ4n) is 1.64. The number of thioether (sulfide) groups is 1. The molecule has 0 unspecified atom stereocenters. The van der Waals surface area contributed by atoms with Crippen LogP contribution in [-0.2, 0) is 5.88 Å². The van der Waals surface area contributed by atoms with Crippen LogP contribution in [0.1, 0.15) is 11.1 Å². The molecule has 2 aromatic rings. The first-order valence-corrected chi connectivity index (χ1v) is 8.28. The van der Waals surface area contributed by atoms with Crippen LogP contribution in [0.4, 0.5) is 0 Å². The van der Waals surface area contributed by atoms with Crippen LogP contribution in [-0.4, -0.2) is 6.26 Å². The molecular formula is C15H15ClS2. The van der Waals surface area contributed by atoms with Gasteiger partial charge in [-0.15, -0.1) is 23.4 Å². The average Bonchev–Trinajstić information content (AvgIpc) is 2.40. The lowest BCUT2D eigenvalue weighted by Gasteiger charge is -2.08. The van der Waals surface area contributed by atoms with Crippen molar-refractivity contribution in [2.75, 3.05) is 6.26 Å². The van der Waals surface area contributed by atoms with Crippen LogP contribution >= 0.6 is 35.1 Å². The maximum atomic E-state index is 5.98. The average molecular weight is 295 g/mol. The third kappa shape index (κ3) is 3.47. The van der Waals surface area contributed by atoms with E-state index in [1.165, 1.54) is 25.8 Å². The quantitative estimate of drug-likeness (QED) is 0.531. The van der Waals surface area contributed by atoms with Crippen molar-refractivity contribution in [2.24, 2.45) is 0 Å². The molecule has 0 aliphatic carbocycles. The maximum absolute atomic E-state index is 5.98. The van der Waals surface area contributed by atoms with Crippen molar-refractivity contribution < 1.29 is 0 Å². The molecule has 0 aromatic heterocycles. The minimum atomic E-state index is 0.561. The van der Waals surface area contributed by atoms with E-state index in [9.17, 15) is 0 Å². The number of hydrogen-bond acceptors (Lipinski definition) is 2. The van der Waals surface area contributed by atoms with Crippen LogP contribution in [0.2, 0.25) is 0 Å². The second-order valence-corrected chi connectivity index (χ2v) is 6.28. The van der Waals surface area contributed by atoms with Gasteiger partial charge in [0.2, 0.25) is 0 Å². The Kier molecular flexibility index (Phi) is 5.04. The Bertz CT molecular complexity index is 521. The van der Waals surface area contributed by atoms with Crippen molar-refractivity contribution >= 4 is 35.1 Å². The SMILES string of the molecule is CSc1ccc(Sc2cc(C)ccc2CCl)cc1. The molecule has 0 aliphatic heterocycles. The Morgan fingerprint density at radius 1 is 1.00 bits per heavy atom. The molecule has 0 aliphatic rings. The summed E-state index contributed by atoms with van der Waals surface area (Å²) in [6, 6.07) is 15.1. The first-order chi connectivity index (χ1) is 8.72. The van der Waals surface area contributed by atoms with E-state index in [2.05, 4.69) is 55.6 Å². The van der Waals surface area contributed by atoms with E-state index in [-0.39, 0.29) is 0 Å². The number of aryl methyl sites for hydroxylation is 1. The van der Waals surface area contributed by atoms with Crippen molar-refractivity contribution in [1.82, 2.24) is 0 Å². The predicted octanol–water partition coefficient (Wildman–Crippen LogP) is 5.61. The lowest BCUT2D eigenvalue weighted by molar-refractivity contribution is 1.22. The Morgan fingerprint density at radius 3 is 2.28 bits per heavy atom. The molecule has 0 N–H and O–H groups in total. The third-order valence-corrected chi connectivity index (χ3v) is 4.79. The highest BCUT2D eigenvalue weighted by Crippen LogP contribution is 2.32. The zero-order chi connectivity index (χ0) is 13.0. The summed E-state index contributed by atoms with van der Waals surface area (Å²) in [7, 11) is 0. The molecule has 94 valence electrons. The molecule has 0 saturated carbocycles. The summed E-state index contributed by atoms with van der Waals surface area (Å²) < 4.78 is 0. The van der Waals surface area contributed by atoms with Crippen LogP contribution in [0.3, 0.4) is 0 Å². The van der Waals surface area contributed by atoms with Gasteiger partial charge in [0.1, 0.15) is 0 Å². The molecule has 0 radical (unpaired) electrons. The van der Waals surface area contributed by atoms with Gasteiger partial charge in [0.15, 0.2) is 0 Å². The minimum absolute atomic E-state index is 0.561. The molecule has 2 rings (SSSR count). The number of benzene rings is 2. The van der Waals surface area contributed by atoms with Crippen LogP contribution in [0.5, 0.6) is 0 Å². The molecule has 18 heavy (non-hydrogen) atoms. The fraction of sp³-hybridized carbons (Fsp3) is 0.200. The summed E-state index contributed by atoms with van der Waals surface area (Å²) in [5.41, 5.74) is 2.47. The van der Waals surface area contributed by atoms with Crippen LogP contribution < -0.4 is 0 Å². The summed E-state index contributed by atoms with van der Waals surface area (Å²) in [5.74, 6) is 0.561. The molecule has 0 amide bonds. The Balaban J connectivity index is 2.24. The Morgan fingerprint density at radius 2 is 1.67 bits per heavy atom. The van der Waals surface area contributed by atoms with E-state index < -0.39 is 0 Å². The summed E-state index contributed by atoms with van der Waals surface area (Å²) in [6.45, 7) is 2.11. The summed E-state index contributed by atoms with van der Waals surface area (Å²) >= 11 is 9.52. The molecule has 0 saturated heterocycles. The van der Waals surface area contributed by atoms with Crippen LogP contribution in [0.15, 0.2) is 57.2 Å². The monoisotopic (exact) mass is 294 g/mol. The molecular weight excluding hydrogens is 280 g/mol. The van der Waals surface area contributed by atoms with Crippen LogP contribution in [0, 0.1) is 6.92 Å². The largest absolute Gasteiger partial charge is 0.130 e. The minimum Gasteiger partial charge on any atom is -0.130 e. The van der Waals surface area contributed by atoms with E-state index in [1.807, 2.05) is 0 Å². The normalized spacial score (nSPS) is 10.6. The van der Waals surface area contributed by atoms with Crippen molar-refractivity contribution in [2.45, 2.75) is 27.5 Å². The number of hydrogen-bond donors (Lipinski definition) is 0. The van der Waals surface area contributed by atoms with Gasteiger partial charge in [0.05, 0.1) is 0 Å². The molecule has 3 heteroatoms. The second-order valence-electron chi connectivity index (χ2n) is 4.02. The molecule has 0 heterocycles. The standard InChI is InChI=1S/C15H15ClS2/c1-11-3-4-12(10-16)15(9-11)18-14-7-5-13(17-2)6-8-14/h3-9H,10H2,1-2H3. The Labute approximate surface area is 122 Å². The van der Waals surface area contributed by atoms with Gasteiger partial charge in [-0.1, -0.05) is 23.9 Å². The molecule has 0 bridgehead atoms. The highest BCUT2D eigenvalue weighted by Gasteiger charge is 2.04. The van der Waals surface area contributed by atoms with Gasteiger partial charge in [-0.05, 0) is 54.6 Å². The van der Waals surface area contributed by atoms with E-state index in [0.717, 1.165) is 0 Å². The number of alkyl halides is 1. The lowest BCUT2D eigenvalue weighted by atomic mass is 10.2. The zero-order valence-electron chi connectivity index (χ0n) is 10.4. The Hall–Kier alpha value is -0.570. The van der Waals surface area contributed by atoms with Gasteiger partial charge >= 0.3 is 0 Å². The van der Waals surface area contributed by atoms with Crippen molar-refractivity contribution in [3.05, 3.63) is 53.6 Å². The highest BCUT2D eigenvalue weighted by atomic mass is 35.5. The first-order valence-electron chi connectivity index (χ1n) is 5.70. The van der Waals surface area contributed by atoms with Gasteiger partial charge in [0.25, 0.3) is 0 Å². The van der Waals surface area contributed by atoms with Crippen molar-refractivity contribution in [1.29, 1.82) is 0 Å². The number of rotatable bonds is 4. The van der Waals surface area contributed by atoms with Gasteiger partial charge in [-0.2, -0.15) is 0 Å². The smallest absolute Gasteiger partial charge is 0.0485 e. The van der Waals surface area contributed by atoms with E-state index in [4.69, 9.17) is 11.6 Å². The zero-order valence-corrected chi connectivity index (χ0v) is 12.8. The molecule has 0 atom stereocenters. The van der Waals surface area contributed by atoms with Crippen molar-refractivity contribution in [3.63, 3.8) is 0 Å². The molecule has 0 nitrogen and oxygen atoms in total. The van der Waals surface area contributed by atoms with E-state index >= 15 is 0 Å². The fourth-order valence-corrected chi connectivity index (χ4v) is 3.40. The maximum Gasteiger partial charge on any atom is 0.0485 e. The molecule has 0 spiro atoms. The molecule has 2 aromatic carbocycles.